The van der Waals surface area contributed by atoms with Gasteiger partial charge in [0.1, 0.15) is 0 Å². The van der Waals surface area contributed by atoms with Crippen molar-refractivity contribution in [1.82, 2.24) is 15.5 Å². The molecule has 1 fully saturated rings. The summed E-state index contributed by atoms with van der Waals surface area (Å²) in [5, 5.41) is 8.85. The molecule has 1 aromatic rings. The van der Waals surface area contributed by atoms with Gasteiger partial charge in [-0.15, -0.1) is 35.3 Å². The number of morpholine rings is 1. The number of nitrogens with zero attached hydrogens (tertiary/aromatic N) is 2. The lowest BCUT2D eigenvalue weighted by Gasteiger charge is -2.33. The van der Waals surface area contributed by atoms with Crippen LogP contribution in [0.3, 0.4) is 0 Å². The number of nitrogens with one attached hydrogen (secondary N) is 2. The SMILES string of the molecule is CCCCOCCNC(=NCC(c1cccs1)N1CCOCC1)NCC.I. The zero-order valence-electron chi connectivity index (χ0n) is 16.6. The minimum absolute atomic E-state index is 0. The molecule has 0 aromatic carbocycles. The number of guanidine groups is 1. The van der Waals surface area contributed by atoms with Gasteiger partial charge in [-0.25, -0.2) is 0 Å². The van der Waals surface area contributed by atoms with Crippen molar-refractivity contribution in [3.63, 3.8) is 0 Å². The maximum Gasteiger partial charge on any atom is 0.191 e. The van der Waals surface area contributed by atoms with Gasteiger partial charge >= 0.3 is 0 Å². The third kappa shape index (κ3) is 9.56. The van der Waals surface area contributed by atoms with Gasteiger partial charge in [-0.05, 0) is 24.8 Å². The first-order chi connectivity index (χ1) is 12.8. The van der Waals surface area contributed by atoms with Gasteiger partial charge in [0.05, 0.1) is 32.4 Å². The minimum atomic E-state index is 0. The first-order valence-corrected chi connectivity index (χ1v) is 10.7. The van der Waals surface area contributed by atoms with Crippen molar-refractivity contribution in [3.8, 4) is 0 Å². The van der Waals surface area contributed by atoms with E-state index >= 15 is 0 Å². The maximum atomic E-state index is 5.62. The number of hydrogen-bond donors (Lipinski definition) is 2. The summed E-state index contributed by atoms with van der Waals surface area (Å²) < 4.78 is 11.1. The molecule has 1 aromatic heterocycles. The summed E-state index contributed by atoms with van der Waals surface area (Å²) in [5.74, 6) is 0.862. The van der Waals surface area contributed by atoms with E-state index in [-0.39, 0.29) is 24.0 Å². The molecule has 1 unspecified atom stereocenters. The Balaban J connectivity index is 0.00000364. The van der Waals surface area contributed by atoms with E-state index in [0.717, 1.165) is 64.9 Å². The molecular weight excluding hydrogens is 475 g/mol. The highest BCUT2D eigenvalue weighted by molar-refractivity contribution is 14.0. The number of halogens is 1. The Morgan fingerprint density at radius 2 is 2.11 bits per heavy atom. The summed E-state index contributed by atoms with van der Waals surface area (Å²) in [6, 6.07) is 4.64. The van der Waals surface area contributed by atoms with Crippen LogP contribution in [-0.4, -0.2) is 70.0 Å². The number of ether oxygens (including phenoxy) is 2. The quantitative estimate of drug-likeness (QED) is 0.208. The molecule has 0 amide bonds. The van der Waals surface area contributed by atoms with E-state index in [1.165, 1.54) is 11.3 Å². The van der Waals surface area contributed by atoms with E-state index in [9.17, 15) is 0 Å². The fourth-order valence-corrected chi connectivity index (χ4v) is 3.72. The number of thiophene rings is 1. The fourth-order valence-electron chi connectivity index (χ4n) is 2.86. The first-order valence-electron chi connectivity index (χ1n) is 9.80. The predicted octanol–water partition coefficient (Wildman–Crippen LogP) is 3.11. The lowest BCUT2D eigenvalue weighted by atomic mass is 10.2. The van der Waals surface area contributed by atoms with Crippen LogP contribution in [0.1, 0.15) is 37.6 Å². The highest BCUT2D eigenvalue weighted by atomic mass is 127. The van der Waals surface area contributed by atoms with Crippen LogP contribution in [0.5, 0.6) is 0 Å². The monoisotopic (exact) mass is 510 g/mol. The molecule has 0 spiro atoms. The molecule has 2 N–H and O–H groups in total. The maximum absolute atomic E-state index is 5.62. The zero-order valence-corrected chi connectivity index (χ0v) is 19.8. The van der Waals surface area contributed by atoms with E-state index in [4.69, 9.17) is 14.5 Å². The van der Waals surface area contributed by atoms with Crippen LogP contribution in [-0.2, 0) is 9.47 Å². The average Bonchev–Trinajstić information content (AvgIpc) is 3.20. The molecule has 2 rings (SSSR count). The van der Waals surface area contributed by atoms with Crippen molar-refractivity contribution in [2.24, 2.45) is 4.99 Å². The standard InChI is InChI=1S/C19H34N4O2S.HI/c1-3-5-11-24-12-8-21-19(20-4-2)22-16-17(18-7-6-15-26-18)23-9-13-25-14-10-23;/h6-7,15,17H,3-5,8-14,16H2,1-2H3,(H2,20,21,22);1H. The van der Waals surface area contributed by atoms with E-state index in [2.05, 4.69) is 46.9 Å². The van der Waals surface area contributed by atoms with Crippen LogP contribution in [0.2, 0.25) is 0 Å². The molecule has 8 heteroatoms. The van der Waals surface area contributed by atoms with Gasteiger partial charge in [0.25, 0.3) is 0 Å². The number of aliphatic imine (C=N–C) groups is 1. The Morgan fingerprint density at radius 1 is 1.30 bits per heavy atom. The van der Waals surface area contributed by atoms with Crippen LogP contribution in [0.4, 0.5) is 0 Å². The zero-order chi connectivity index (χ0) is 18.5. The smallest absolute Gasteiger partial charge is 0.191 e. The molecule has 1 aliphatic heterocycles. The molecule has 1 saturated heterocycles. The first kappa shape index (κ1) is 24.6. The minimum Gasteiger partial charge on any atom is -0.380 e. The van der Waals surface area contributed by atoms with Crippen LogP contribution in [0.25, 0.3) is 0 Å². The van der Waals surface area contributed by atoms with Crippen LogP contribution in [0.15, 0.2) is 22.5 Å². The summed E-state index contributed by atoms with van der Waals surface area (Å²) >= 11 is 1.81. The number of rotatable bonds is 11. The van der Waals surface area contributed by atoms with Gasteiger partial charge < -0.3 is 20.1 Å². The van der Waals surface area contributed by atoms with Crippen LogP contribution >= 0.6 is 35.3 Å². The molecule has 1 atom stereocenters. The second-order valence-corrected chi connectivity index (χ2v) is 7.27. The Morgan fingerprint density at radius 3 is 2.78 bits per heavy atom. The summed E-state index contributed by atoms with van der Waals surface area (Å²) in [6.45, 7) is 11.7. The average molecular weight is 510 g/mol. The molecule has 0 aliphatic carbocycles. The van der Waals surface area contributed by atoms with Crippen molar-refractivity contribution in [3.05, 3.63) is 22.4 Å². The van der Waals surface area contributed by atoms with Crippen LogP contribution in [0, 0.1) is 0 Å². The molecule has 2 heterocycles. The third-order valence-corrected chi connectivity index (χ3v) is 5.28. The Hall–Kier alpha value is -0.420. The summed E-state index contributed by atoms with van der Waals surface area (Å²) in [4.78, 5) is 8.69. The van der Waals surface area contributed by atoms with E-state index in [1.807, 2.05) is 0 Å². The highest BCUT2D eigenvalue weighted by Gasteiger charge is 2.23. The Kier molecular flexibility index (Phi) is 14.1. The summed E-state index contributed by atoms with van der Waals surface area (Å²) in [6.07, 6.45) is 2.29. The van der Waals surface area contributed by atoms with E-state index < -0.39 is 0 Å². The molecule has 0 radical (unpaired) electrons. The van der Waals surface area contributed by atoms with E-state index in [1.54, 1.807) is 11.3 Å². The Labute approximate surface area is 185 Å². The number of hydrogen-bond acceptors (Lipinski definition) is 5. The Bertz CT molecular complexity index is 496. The van der Waals surface area contributed by atoms with Gasteiger partial charge in [0.15, 0.2) is 5.96 Å². The van der Waals surface area contributed by atoms with Gasteiger partial charge in [0, 0.05) is 37.7 Å². The summed E-state index contributed by atoms with van der Waals surface area (Å²) in [7, 11) is 0. The fraction of sp³-hybridized carbons (Fsp3) is 0.737. The number of unbranched alkanes of at least 4 members (excludes halogenated alkanes) is 1. The van der Waals surface area contributed by atoms with E-state index in [0.29, 0.717) is 12.6 Å². The van der Waals surface area contributed by atoms with Gasteiger partial charge in [-0.1, -0.05) is 19.4 Å². The highest BCUT2D eigenvalue weighted by Crippen LogP contribution is 2.26. The molecular formula is C19H35IN4O2S. The molecule has 156 valence electrons. The lowest BCUT2D eigenvalue weighted by Crippen LogP contribution is -2.42. The summed E-state index contributed by atoms with van der Waals surface area (Å²) in [5.41, 5.74) is 0. The van der Waals surface area contributed by atoms with Crippen molar-refractivity contribution in [2.45, 2.75) is 32.7 Å². The van der Waals surface area contributed by atoms with Gasteiger partial charge in [-0.3, -0.25) is 9.89 Å². The van der Waals surface area contributed by atoms with Crippen LogP contribution < -0.4 is 10.6 Å². The molecule has 0 bridgehead atoms. The third-order valence-electron chi connectivity index (χ3n) is 4.31. The molecule has 1 aliphatic rings. The molecule has 0 saturated carbocycles. The second-order valence-electron chi connectivity index (χ2n) is 6.29. The van der Waals surface area contributed by atoms with Crippen molar-refractivity contribution < 1.29 is 9.47 Å². The topological polar surface area (TPSA) is 58.1 Å². The lowest BCUT2D eigenvalue weighted by molar-refractivity contribution is 0.0186. The predicted molar refractivity (Wildman–Crippen MR) is 125 cm³/mol. The van der Waals surface area contributed by atoms with Crippen molar-refractivity contribution in [2.75, 3.05) is 59.2 Å². The molecule has 27 heavy (non-hydrogen) atoms. The normalized spacial score (nSPS) is 16.6. The second kappa shape index (κ2) is 15.5. The van der Waals surface area contributed by atoms with Gasteiger partial charge in [0.2, 0.25) is 0 Å². The van der Waals surface area contributed by atoms with Crippen molar-refractivity contribution >= 4 is 41.3 Å². The van der Waals surface area contributed by atoms with Crippen molar-refractivity contribution in [1.29, 1.82) is 0 Å². The molecule has 6 nitrogen and oxygen atoms in total. The van der Waals surface area contributed by atoms with Gasteiger partial charge in [-0.2, -0.15) is 0 Å². The largest absolute Gasteiger partial charge is 0.380 e.